The fraction of sp³-hybridized carbons (Fsp3) is 0.500. The molecule has 0 radical (unpaired) electrons. The second kappa shape index (κ2) is 6.31. The van der Waals surface area contributed by atoms with E-state index in [-0.39, 0.29) is 0 Å². The molecule has 0 aliphatic heterocycles. The summed E-state index contributed by atoms with van der Waals surface area (Å²) in [6.07, 6.45) is 0.482. The topological polar surface area (TPSA) is 38.7 Å². The molecule has 3 nitrogen and oxygen atoms in total. The normalized spacial score (nSPS) is 12.8. The van der Waals surface area contributed by atoms with Crippen LogP contribution in [0.5, 0.6) is 0 Å². The Hall–Kier alpha value is -0.470. The second-order valence-electron chi connectivity index (χ2n) is 3.74. The van der Waals surface area contributed by atoms with Crippen LogP contribution in [0.2, 0.25) is 0 Å². The predicted octanol–water partition coefficient (Wildman–Crippen LogP) is 3.06. The number of aryl methyl sites for hydroxylation is 1. The summed E-state index contributed by atoms with van der Waals surface area (Å²) in [5, 5.41) is 0. The zero-order chi connectivity index (χ0) is 12.0. The molecule has 0 unspecified atom stereocenters. The second-order valence-corrected chi connectivity index (χ2v) is 6.10. The minimum absolute atomic E-state index is 0.481. The molecule has 0 saturated heterocycles. The Balaban J connectivity index is 2.74. The van der Waals surface area contributed by atoms with Gasteiger partial charge in [-0.05, 0) is 0 Å². The number of rotatable bonds is 6. The minimum atomic E-state index is -3.01. The summed E-state index contributed by atoms with van der Waals surface area (Å²) in [5.74, 6) is 0. The fourth-order valence-corrected chi connectivity index (χ4v) is 3.60. The van der Waals surface area contributed by atoms with Crippen LogP contribution in [0.4, 0.5) is 0 Å². The van der Waals surface area contributed by atoms with Gasteiger partial charge in [0.25, 0.3) is 0 Å². The van der Waals surface area contributed by atoms with E-state index < -0.39 is 7.94 Å². The average molecular weight is 244 g/mol. The Morgan fingerprint density at radius 2 is 1.81 bits per heavy atom. The quantitative estimate of drug-likeness (QED) is 0.782. The molecule has 0 amide bonds. The maximum absolute atomic E-state index is 10.3. The van der Waals surface area contributed by atoms with Gasteiger partial charge in [-0.25, -0.2) is 0 Å². The molecular weight excluding hydrogens is 223 g/mol. The molecule has 1 aromatic carbocycles. The Labute approximate surface area is 98.0 Å². The summed E-state index contributed by atoms with van der Waals surface area (Å²) in [7, 11) is -3.01. The van der Waals surface area contributed by atoms with Crippen molar-refractivity contribution in [1.82, 2.24) is 0 Å². The molecule has 92 valence electrons. The van der Waals surface area contributed by atoms with Gasteiger partial charge in [-0.1, -0.05) is 0 Å². The summed E-state index contributed by atoms with van der Waals surface area (Å²) < 4.78 is 10.8. The number of hydrogen-bond donors (Lipinski definition) is 1. The van der Waals surface area contributed by atoms with E-state index in [1.165, 1.54) is 5.56 Å². The molecule has 0 fully saturated rings. The first kappa shape index (κ1) is 13.6. The molecule has 0 aliphatic carbocycles. The summed E-state index contributed by atoms with van der Waals surface area (Å²) in [4.78, 5) is 10.3. The van der Waals surface area contributed by atoms with Crippen molar-refractivity contribution in [3.63, 3.8) is 0 Å². The van der Waals surface area contributed by atoms with E-state index in [4.69, 9.17) is 9.05 Å². The van der Waals surface area contributed by atoms with Gasteiger partial charge in [0.05, 0.1) is 0 Å². The average Bonchev–Trinajstić information content (AvgIpc) is 2.17. The molecule has 1 N–H and O–H groups in total. The maximum atomic E-state index is 10.3. The van der Waals surface area contributed by atoms with Crippen molar-refractivity contribution in [3.05, 3.63) is 35.4 Å². The van der Waals surface area contributed by atoms with Crippen molar-refractivity contribution in [2.24, 2.45) is 0 Å². The summed E-state index contributed by atoms with van der Waals surface area (Å²) in [6, 6.07) is 8.06. The van der Waals surface area contributed by atoms with Crippen LogP contribution >= 0.6 is 7.94 Å². The van der Waals surface area contributed by atoms with Crippen LogP contribution in [0.15, 0.2) is 24.3 Å². The molecule has 16 heavy (non-hydrogen) atoms. The van der Waals surface area contributed by atoms with Gasteiger partial charge in [-0.2, -0.15) is 0 Å². The molecule has 1 aromatic rings. The van der Waals surface area contributed by atoms with Gasteiger partial charge in [0, 0.05) is 0 Å². The third-order valence-electron chi connectivity index (χ3n) is 2.25. The van der Waals surface area contributed by atoms with Crippen molar-refractivity contribution < 1.29 is 13.9 Å². The van der Waals surface area contributed by atoms with Crippen LogP contribution in [0, 0.1) is 6.92 Å². The van der Waals surface area contributed by atoms with E-state index >= 15 is 0 Å². The zero-order valence-corrected chi connectivity index (χ0v) is 11.2. The fourth-order valence-electron chi connectivity index (χ4n) is 1.67. The molecule has 0 aliphatic rings. The van der Waals surface area contributed by atoms with Gasteiger partial charge in [-0.3, -0.25) is 0 Å². The van der Waals surface area contributed by atoms with Crippen molar-refractivity contribution in [2.45, 2.75) is 26.9 Å². The molecule has 1 rings (SSSR count). The van der Waals surface area contributed by atoms with E-state index in [9.17, 15) is 4.89 Å². The third-order valence-corrected chi connectivity index (χ3v) is 4.58. The van der Waals surface area contributed by atoms with E-state index in [0.29, 0.717) is 19.4 Å². The van der Waals surface area contributed by atoms with E-state index in [0.717, 1.165) is 5.56 Å². The molecule has 0 saturated carbocycles. The van der Waals surface area contributed by atoms with Gasteiger partial charge in [0.15, 0.2) is 0 Å². The standard InChI is InChI=1S/C12H21O3P/c1-4-14-16(13,15-5-2)10-12-8-6-7-11(3)9-12/h6-9,13,16H,4-5,10H2,1-3H3. The summed E-state index contributed by atoms with van der Waals surface area (Å²) in [5.41, 5.74) is 2.25. The van der Waals surface area contributed by atoms with E-state index in [1.807, 2.05) is 39.0 Å². The monoisotopic (exact) mass is 244 g/mol. The van der Waals surface area contributed by atoms with Crippen LogP contribution in [-0.2, 0) is 15.2 Å². The summed E-state index contributed by atoms with van der Waals surface area (Å²) >= 11 is 0. The number of hydrogen-bond acceptors (Lipinski definition) is 3. The SMILES string of the molecule is CCO[PH](O)(Cc1cccc(C)c1)OCC. The molecule has 0 heterocycles. The first-order chi connectivity index (χ1) is 7.59. The third kappa shape index (κ3) is 4.18. The Morgan fingerprint density at radius 1 is 1.19 bits per heavy atom. The molecule has 4 heteroatoms. The van der Waals surface area contributed by atoms with Crippen molar-refractivity contribution in [3.8, 4) is 0 Å². The number of benzene rings is 1. The van der Waals surface area contributed by atoms with Gasteiger partial charge >= 0.3 is 97.4 Å². The van der Waals surface area contributed by atoms with Gasteiger partial charge in [0.2, 0.25) is 0 Å². The van der Waals surface area contributed by atoms with Crippen molar-refractivity contribution >= 4 is 7.94 Å². The van der Waals surface area contributed by atoms with Crippen LogP contribution in [0.3, 0.4) is 0 Å². The predicted molar refractivity (Wildman–Crippen MR) is 68.7 cm³/mol. The molecule has 0 spiro atoms. The first-order valence-electron chi connectivity index (χ1n) is 5.65. The van der Waals surface area contributed by atoms with Gasteiger partial charge in [-0.15, -0.1) is 0 Å². The van der Waals surface area contributed by atoms with Crippen LogP contribution in [-0.4, -0.2) is 18.1 Å². The molecule has 0 aromatic heterocycles. The zero-order valence-electron chi connectivity index (χ0n) is 10.2. The Kier molecular flexibility index (Phi) is 5.36. The summed E-state index contributed by atoms with van der Waals surface area (Å²) in [6.45, 7) is 6.73. The van der Waals surface area contributed by atoms with Crippen molar-refractivity contribution in [2.75, 3.05) is 13.2 Å². The van der Waals surface area contributed by atoms with E-state index in [2.05, 4.69) is 6.07 Å². The molecular formula is C12H21O3P. The first-order valence-corrected chi connectivity index (χ1v) is 7.62. The molecule has 0 bridgehead atoms. The van der Waals surface area contributed by atoms with Crippen LogP contribution < -0.4 is 0 Å². The Bertz CT molecular complexity index is 322. The van der Waals surface area contributed by atoms with Gasteiger partial charge in [0.1, 0.15) is 0 Å². The van der Waals surface area contributed by atoms with Gasteiger partial charge < -0.3 is 0 Å². The Morgan fingerprint density at radius 3 is 2.31 bits per heavy atom. The molecule has 0 atom stereocenters. The van der Waals surface area contributed by atoms with E-state index in [1.54, 1.807) is 0 Å². The van der Waals surface area contributed by atoms with Crippen LogP contribution in [0.25, 0.3) is 0 Å². The van der Waals surface area contributed by atoms with Crippen LogP contribution in [0.1, 0.15) is 25.0 Å². The van der Waals surface area contributed by atoms with Crippen molar-refractivity contribution in [1.29, 1.82) is 0 Å².